The van der Waals surface area contributed by atoms with E-state index in [0.717, 1.165) is 0 Å². The Balaban J connectivity index is 1.82. The zero-order valence-corrected chi connectivity index (χ0v) is 12.8. The van der Waals surface area contributed by atoms with Gasteiger partial charge in [-0.3, -0.25) is 14.2 Å². The highest BCUT2D eigenvalue weighted by atomic mass is 16.1. The van der Waals surface area contributed by atoms with Crippen LogP contribution in [0.4, 0.5) is 11.6 Å². The largest absolute Gasteiger partial charge is 0.364 e. The predicted molar refractivity (Wildman–Crippen MR) is 88.4 cm³/mol. The highest BCUT2D eigenvalue weighted by molar-refractivity contribution is 5.92. The summed E-state index contributed by atoms with van der Waals surface area (Å²) in [6.45, 7) is 1.72. The molecule has 0 bridgehead atoms. The van der Waals surface area contributed by atoms with E-state index < -0.39 is 5.91 Å². The Morgan fingerprint density at radius 2 is 2.00 bits per heavy atom. The number of rotatable bonds is 4. The van der Waals surface area contributed by atoms with Crippen molar-refractivity contribution in [2.24, 2.45) is 5.73 Å². The molecular weight excluding hydrogens is 308 g/mol. The maximum Gasteiger partial charge on any atom is 0.269 e. The quantitative estimate of drug-likeness (QED) is 0.745. The first-order chi connectivity index (χ1) is 11.5. The number of nitrogens with one attached hydrogen (secondary N) is 1. The lowest BCUT2D eigenvalue weighted by Crippen LogP contribution is -2.16. The summed E-state index contributed by atoms with van der Waals surface area (Å²) in [6, 6.07) is 10.1. The highest BCUT2D eigenvalue weighted by Crippen LogP contribution is 2.15. The standard InChI is InChI=1S/C16H14N6O2/c1-10-8-13(20-21-15(10)16(17)24)19-12-6-5-11(9-18-12)22-7-3-2-4-14(22)23/h2-9H,1H3,(H2,17,24)(H,18,19,20). The smallest absolute Gasteiger partial charge is 0.269 e. The van der Waals surface area contributed by atoms with E-state index in [1.54, 1.807) is 49.6 Å². The van der Waals surface area contributed by atoms with E-state index in [9.17, 15) is 9.59 Å². The highest BCUT2D eigenvalue weighted by Gasteiger charge is 2.09. The Hall–Kier alpha value is -3.55. The van der Waals surface area contributed by atoms with Crippen LogP contribution in [0.2, 0.25) is 0 Å². The van der Waals surface area contributed by atoms with Crippen molar-refractivity contribution in [1.82, 2.24) is 19.7 Å². The van der Waals surface area contributed by atoms with Crippen LogP contribution in [0.1, 0.15) is 16.1 Å². The van der Waals surface area contributed by atoms with Crippen LogP contribution in [0.5, 0.6) is 0 Å². The number of hydrogen-bond acceptors (Lipinski definition) is 6. The van der Waals surface area contributed by atoms with Gasteiger partial charge in [0, 0.05) is 12.3 Å². The summed E-state index contributed by atoms with van der Waals surface area (Å²) < 4.78 is 1.49. The van der Waals surface area contributed by atoms with Gasteiger partial charge in [-0.25, -0.2) is 4.98 Å². The fraction of sp³-hybridized carbons (Fsp3) is 0.0625. The third-order valence-electron chi connectivity index (χ3n) is 3.32. The Morgan fingerprint density at radius 3 is 2.62 bits per heavy atom. The fourth-order valence-corrected chi connectivity index (χ4v) is 2.16. The van der Waals surface area contributed by atoms with Gasteiger partial charge in [-0.1, -0.05) is 6.07 Å². The number of pyridine rings is 2. The third kappa shape index (κ3) is 3.12. The van der Waals surface area contributed by atoms with Crippen molar-refractivity contribution in [3.63, 3.8) is 0 Å². The molecule has 3 rings (SSSR count). The number of carbonyl (C=O) groups excluding carboxylic acids is 1. The minimum absolute atomic E-state index is 0.132. The van der Waals surface area contributed by atoms with E-state index in [0.29, 0.717) is 22.9 Å². The molecule has 0 spiro atoms. The number of primary amides is 1. The molecule has 0 saturated heterocycles. The molecule has 3 aromatic rings. The van der Waals surface area contributed by atoms with Crippen molar-refractivity contribution in [2.45, 2.75) is 6.92 Å². The Labute approximate surface area is 137 Å². The minimum Gasteiger partial charge on any atom is -0.364 e. The lowest BCUT2D eigenvalue weighted by molar-refractivity contribution is 0.0994. The summed E-state index contributed by atoms with van der Waals surface area (Å²) in [6.07, 6.45) is 3.24. The second-order valence-corrected chi connectivity index (χ2v) is 5.06. The number of aromatic nitrogens is 4. The van der Waals surface area contributed by atoms with Gasteiger partial charge in [0.05, 0.1) is 11.9 Å². The van der Waals surface area contributed by atoms with E-state index in [1.165, 1.54) is 10.6 Å². The molecule has 0 aliphatic heterocycles. The molecule has 3 heterocycles. The Morgan fingerprint density at radius 1 is 1.17 bits per heavy atom. The van der Waals surface area contributed by atoms with Crippen LogP contribution in [0, 0.1) is 6.92 Å². The van der Waals surface area contributed by atoms with Crippen molar-refractivity contribution in [3.8, 4) is 5.69 Å². The van der Waals surface area contributed by atoms with Crippen LogP contribution in [-0.4, -0.2) is 25.7 Å². The molecule has 120 valence electrons. The van der Waals surface area contributed by atoms with Crippen molar-refractivity contribution in [3.05, 3.63) is 70.4 Å². The molecular formula is C16H14N6O2. The molecule has 1 amide bonds. The second kappa shape index (κ2) is 6.29. The predicted octanol–water partition coefficient (Wildman–Crippen LogP) is 1.17. The minimum atomic E-state index is -0.623. The first kappa shape index (κ1) is 15.3. The average Bonchev–Trinajstić information content (AvgIpc) is 2.56. The summed E-state index contributed by atoms with van der Waals surface area (Å²) in [5, 5.41) is 10.7. The molecule has 0 fully saturated rings. The normalized spacial score (nSPS) is 10.4. The molecule has 8 nitrogen and oxygen atoms in total. The van der Waals surface area contributed by atoms with Gasteiger partial charge in [-0.2, -0.15) is 0 Å². The number of carbonyl (C=O) groups is 1. The number of nitrogens with two attached hydrogens (primary N) is 1. The topological polar surface area (TPSA) is 116 Å². The Kier molecular flexibility index (Phi) is 4.02. The molecule has 8 heteroatoms. The summed E-state index contributed by atoms with van der Waals surface area (Å²) >= 11 is 0. The molecule has 0 atom stereocenters. The van der Waals surface area contributed by atoms with Gasteiger partial charge in [0.25, 0.3) is 11.5 Å². The lowest BCUT2D eigenvalue weighted by atomic mass is 10.2. The van der Waals surface area contributed by atoms with Crippen LogP contribution in [0.25, 0.3) is 5.69 Å². The third-order valence-corrected chi connectivity index (χ3v) is 3.32. The maximum absolute atomic E-state index is 11.8. The van der Waals surface area contributed by atoms with Gasteiger partial charge in [0.1, 0.15) is 5.82 Å². The number of amides is 1. The van der Waals surface area contributed by atoms with Crippen LogP contribution in [0.3, 0.4) is 0 Å². The van der Waals surface area contributed by atoms with E-state index in [4.69, 9.17) is 5.73 Å². The molecule has 0 saturated carbocycles. The van der Waals surface area contributed by atoms with E-state index in [1.807, 2.05) is 0 Å². The first-order valence-corrected chi connectivity index (χ1v) is 7.10. The van der Waals surface area contributed by atoms with E-state index in [-0.39, 0.29) is 11.3 Å². The maximum atomic E-state index is 11.8. The fourth-order valence-electron chi connectivity index (χ4n) is 2.16. The Bertz CT molecular complexity index is 949. The first-order valence-electron chi connectivity index (χ1n) is 7.10. The second-order valence-electron chi connectivity index (χ2n) is 5.06. The molecule has 0 aromatic carbocycles. The van der Waals surface area contributed by atoms with Crippen LogP contribution in [-0.2, 0) is 0 Å². The van der Waals surface area contributed by atoms with E-state index in [2.05, 4.69) is 20.5 Å². The number of hydrogen-bond donors (Lipinski definition) is 2. The van der Waals surface area contributed by atoms with Crippen LogP contribution >= 0.6 is 0 Å². The van der Waals surface area contributed by atoms with Crippen molar-refractivity contribution >= 4 is 17.5 Å². The molecule has 0 unspecified atom stereocenters. The van der Waals surface area contributed by atoms with Crippen LogP contribution in [0.15, 0.2) is 53.6 Å². The van der Waals surface area contributed by atoms with Crippen LogP contribution < -0.4 is 16.6 Å². The summed E-state index contributed by atoms with van der Waals surface area (Å²) in [7, 11) is 0. The van der Waals surface area contributed by atoms with Crippen molar-refractivity contribution in [2.75, 3.05) is 5.32 Å². The molecule has 3 aromatic heterocycles. The lowest BCUT2D eigenvalue weighted by Gasteiger charge is -2.08. The van der Waals surface area contributed by atoms with Gasteiger partial charge in [0.15, 0.2) is 11.5 Å². The molecule has 0 aliphatic carbocycles. The number of nitrogens with zero attached hydrogens (tertiary/aromatic N) is 4. The SMILES string of the molecule is Cc1cc(Nc2ccc(-n3ccccc3=O)cn2)nnc1C(N)=O. The summed E-state index contributed by atoms with van der Waals surface area (Å²) in [5.74, 6) is 0.347. The van der Waals surface area contributed by atoms with E-state index >= 15 is 0 Å². The number of aryl methyl sites for hydroxylation is 1. The zero-order valence-electron chi connectivity index (χ0n) is 12.8. The summed E-state index contributed by atoms with van der Waals surface area (Å²) in [5.41, 5.74) is 6.46. The van der Waals surface area contributed by atoms with Crippen molar-refractivity contribution < 1.29 is 4.79 Å². The molecule has 24 heavy (non-hydrogen) atoms. The molecule has 3 N–H and O–H groups in total. The van der Waals surface area contributed by atoms with Gasteiger partial charge < -0.3 is 11.1 Å². The monoisotopic (exact) mass is 322 g/mol. The molecule has 0 aliphatic rings. The number of anilines is 2. The van der Waals surface area contributed by atoms with Gasteiger partial charge in [0.2, 0.25) is 0 Å². The summed E-state index contributed by atoms with van der Waals surface area (Å²) in [4.78, 5) is 27.2. The zero-order chi connectivity index (χ0) is 17.1. The van der Waals surface area contributed by atoms with Crippen molar-refractivity contribution in [1.29, 1.82) is 0 Å². The van der Waals surface area contributed by atoms with Gasteiger partial charge >= 0.3 is 0 Å². The molecule has 0 radical (unpaired) electrons. The average molecular weight is 322 g/mol. The van der Waals surface area contributed by atoms with Gasteiger partial charge in [-0.15, -0.1) is 10.2 Å². The van der Waals surface area contributed by atoms with Gasteiger partial charge in [-0.05, 0) is 36.8 Å².